The molecule has 4 rings (SSSR count). The topological polar surface area (TPSA) is 48.5 Å². The maximum atomic E-state index is 14.0. The summed E-state index contributed by atoms with van der Waals surface area (Å²) in [7, 11) is 0. The summed E-state index contributed by atoms with van der Waals surface area (Å²) in [6, 6.07) is 12.0. The maximum Gasteiger partial charge on any atom is 0.320 e. The molecular formula is C24H28F2N4O. The smallest absolute Gasteiger partial charge is 0.320 e. The number of fused-ring (bicyclic) bond motifs is 1. The number of hydrogen-bond donors (Lipinski definition) is 1. The molecule has 2 aliphatic heterocycles. The summed E-state index contributed by atoms with van der Waals surface area (Å²) in [5.74, 6) is -3.12. The first-order valence-electron chi connectivity index (χ1n) is 10.8. The number of allylic oxidation sites excluding steroid dienone is 1. The zero-order chi connectivity index (χ0) is 21.8. The van der Waals surface area contributed by atoms with Gasteiger partial charge in [0.2, 0.25) is 0 Å². The summed E-state index contributed by atoms with van der Waals surface area (Å²) in [6.07, 6.45) is 4.29. The molecule has 3 heterocycles. The van der Waals surface area contributed by atoms with Crippen LogP contribution in [0.15, 0.2) is 55.3 Å². The normalized spacial score (nSPS) is 18.7. The van der Waals surface area contributed by atoms with Crippen molar-refractivity contribution in [2.45, 2.75) is 37.8 Å². The van der Waals surface area contributed by atoms with Crippen molar-refractivity contribution in [1.29, 1.82) is 0 Å². The third-order valence-electron chi connectivity index (χ3n) is 6.10. The molecule has 7 heteroatoms. The van der Waals surface area contributed by atoms with Crippen molar-refractivity contribution in [2.75, 3.05) is 26.2 Å². The van der Waals surface area contributed by atoms with Gasteiger partial charge < -0.3 is 15.1 Å². The van der Waals surface area contributed by atoms with Crippen molar-refractivity contribution in [3.8, 4) is 0 Å². The molecule has 31 heavy (non-hydrogen) atoms. The molecule has 1 fully saturated rings. The Hall–Kier alpha value is -2.80. The van der Waals surface area contributed by atoms with Gasteiger partial charge in [0.15, 0.2) is 0 Å². The molecule has 0 saturated carbocycles. The molecular weight excluding hydrogens is 398 g/mol. The van der Waals surface area contributed by atoms with Crippen molar-refractivity contribution in [2.24, 2.45) is 0 Å². The SMILES string of the molecule is C=CC(F)(F)c1cnc2c(c1)CN(C(=O)N1CCC(NCCc3ccccc3)C1)CC2. The second-order valence-corrected chi connectivity index (χ2v) is 8.23. The predicted molar refractivity (Wildman–Crippen MR) is 116 cm³/mol. The van der Waals surface area contributed by atoms with Gasteiger partial charge in [-0.05, 0) is 42.7 Å². The van der Waals surface area contributed by atoms with Crippen LogP contribution in [-0.4, -0.2) is 53.0 Å². The van der Waals surface area contributed by atoms with Gasteiger partial charge in [0.1, 0.15) is 0 Å². The fraction of sp³-hybridized carbons (Fsp3) is 0.417. The number of carbonyl (C=O) groups is 1. The van der Waals surface area contributed by atoms with Crippen LogP contribution in [0.1, 0.15) is 28.8 Å². The lowest BCUT2D eigenvalue weighted by Crippen LogP contribution is -2.45. The largest absolute Gasteiger partial charge is 0.323 e. The van der Waals surface area contributed by atoms with Crippen molar-refractivity contribution >= 4 is 6.03 Å². The predicted octanol–water partition coefficient (Wildman–Crippen LogP) is 3.74. The Morgan fingerprint density at radius 2 is 2.06 bits per heavy atom. The van der Waals surface area contributed by atoms with Gasteiger partial charge in [-0.3, -0.25) is 4.98 Å². The zero-order valence-electron chi connectivity index (χ0n) is 17.6. The molecule has 0 aliphatic carbocycles. The van der Waals surface area contributed by atoms with E-state index in [-0.39, 0.29) is 17.6 Å². The summed E-state index contributed by atoms with van der Waals surface area (Å²) >= 11 is 0. The average Bonchev–Trinajstić information content (AvgIpc) is 3.27. The molecule has 0 spiro atoms. The lowest BCUT2D eigenvalue weighted by molar-refractivity contribution is 0.0519. The highest BCUT2D eigenvalue weighted by Gasteiger charge is 2.33. The second-order valence-electron chi connectivity index (χ2n) is 8.23. The van der Waals surface area contributed by atoms with Crippen LogP contribution in [0.25, 0.3) is 0 Å². The molecule has 1 unspecified atom stereocenters. The number of urea groups is 1. The average molecular weight is 427 g/mol. The van der Waals surface area contributed by atoms with Crippen molar-refractivity contribution in [3.63, 3.8) is 0 Å². The van der Waals surface area contributed by atoms with Gasteiger partial charge >= 0.3 is 6.03 Å². The van der Waals surface area contributed by atoms with Crippen molar-refractivity contribution in [3.05, 3.63) is 77.6 Å². The van der Waals surface area contributed by atoms with E-state index in [0.29, 0.717) is 44.2 Å². The summed E-state index contributed by atoms with van der Waals surface area (Å²) in [5.41, 5.74) is 2.59. The van der Waals surface area contributed by atoms with E-state index in [0.717, 1.165) is 25.1 Å². The number of benzene rings is 1. The van der Waals surface area contributed by atoms with E-state index in [1.807, 2.05) is 23.1 Å². The van der Waals surface area contributed by atoms with Crippen LogP contribution in [-0.2, 0) is 25.3 Å². The number of hydrogen-bond acceptors (Lipinski definition) is 3. The molecule has 164 valence electrons. The van der Waals surface area contributed by atoms with Crippen molar-refractivity contribution in [1.82, 2.24) is 20.1 Å². The molecule has 0 radical (unpaired) electrons. The quantitative estimate of drug-likeness (QED) is 0.716. The highest BCUT2D eigenvalue weighted by molar-refractivity contribution is 5.75. The van der Waals surface area contributed by atoms with Gasteiger partial charge in [0.05, 0.1) is 0 Å². The number of aromatic nitrogens is 1. The van der Waals surface area contributed by atoms with E-state index >= 15 is 0 Å². The van der Waals surface area contributed by atoms with E-state index in [1.54, 1.807) is 4.90 Å². The fourth-order valence-corrected chi connectivity index (χ4v) is 4.26. The van der Waals surface area contributed by atoms with Crippen LogP contribution in [0, 0.1) is 0 Å². The number of carbonyl (C=O) groups excluding carboxylic acids is 1. The highest BCUT2D eigenvalue weighted by atomic mass is 19.3. The van der Waals surface area contributed by atoms with E-state index in [1.165, 1.54) is 17.8 Å². The number of nitrogens with one attached hydrogen (secondary N) is 1. The Morgan fingerprint density at radius 3 is 2.84 bits per heavy atom. The summed E-state index contributed by atoms with van der Waals surface area (Å²) < 4.78 is 27.9. The summed E-state index contributed by atoms with van der Waals surface area (Å²) in [5, 5.41) is 3.55. The Labute approximate surface area is 181 Å². The standard InChI is InChI=1S/C24H28F2N4O/c1-2-24(25,26)20-14-19-16-29(13-10-22(19)28-15-20)23(31)30-12-9-21(17-30)27-11-8-18-6-4-3-5-7-18/h2-7,14-15,21,27H,1,8-13,16-17H2. The molecule has 1 aromatic heterocycles. The van der Waals surface area contributed by atoms with E-state index in [9.17, 15) is 13.6 Å². The van der Waals surface area contributed by atoms with Gasteiger partial charge in [-0.25, -0.2) is 4.79 Å². The number of amides is 2. The lowest BCUT2D eigenvalue weighted by atomic mass is 10.0. The Bertz CT molecular complexity index is 934. The number of pyridine rings is 1. The van der Waals surface area contributed by atoms with Gasteiger partial charge in [-0.2, -0.15) is 8.78 Å². The summed E-state index contributed by atoms with van der Waals surface area (Å²) in [4.78, 5) is 20.8. The molecule has 5 nitrogen and oxygen atoms in total. The third-order valence-corrected chi connectivity index (χ3v) is 6.10. The number of nitrogens with zero attached hydrogens (tertiary/aromatic N) is 3. The van der Waals surface area contributed by atoms with Gasteiger partial charge in [-0.15, -0.1) is 0 Å². The minimum Gasteiger partial charge on any atom is -0.323 e. The van der Waals surface area contributed by atoms with Crippen LogP contribution >= 0.6 is 0 Å². The number of alkyl halides is 2. The van der Waals surface area contributed by atoms with Crippen LogP contribution in [0.2, 0.25) is 0 Å². The molecule has 0 bridgehead atoms. The molecule has 2 aromatic rings. The molecule has 1 N–H and O–H groups in total. The minimum atomic E-state index is -3.12. The molecule has 1 atom stereocenters. The lowest BCUT2D eigenvalue weighted by Gasteiger charge is -2.32. The monoisotopic (exact) mass is 426 g/mol. The minimum absolute atomic E-state index is 0.0288. The first-order valence-corrected chi connectivity index (χ1v) is 10.8. The zero-order valence-corrected chi connectivity index (χ0v) is 17.6. The van der Waals surface area contributed by atoms with Gasteiger partial charge in [-0.1, -0.05) is 36.9 Å². The maximum absolute atomic E-state index is 14.0. The Balaban J connectivity index is 1.31. The van der Waals surface area contributed by atoms with E-state index < -0.39 is 5.92 Å². The summed E-state index contributed by atoms with van der Waals surface area (Å²) in [6.45, 7) is 6.32. The molecule has 2 amide bonds. The Kier molecular flexibility index (Phi) is 6.32. The molecule has 2 aliphatic rings. The molecule has 1 saturated heterocycles. The number of likely N-dealkylation sites (tertiary alicyclic amines) is 1. The van der Waals surface area contributed by atoms with Crippen LogP contribution in [0.4, 0.5) is 13.6 Å². The number of rotatable bonds is 6. The van der Waals surface area contributed by atoms with Crippen LogP contribution in [0.3, 0.4) is 0 Å². The van der Waals surface area contributed by atoms with Gasteiger partial charge in [0, 0.05) is 56.1 Å². The molecule has 1 aromatic carbocycles. The second kappa shape index (κ2) is 9.14. The first-order chi connectivity index (χ1) is 15.0. The van der Waals surface area contributed by atoms with E-state index in [4.69, 9.17) is 0 Å². The number of halogens is 2. The Morgan fingerprint density at radius 1 is 1.26 bits per heavy atom. The first kappa shape index (κ1) is 21.4. The highest BCUT2D eigenvalue weighted by Crippen LogP contribution is 2.31. The van der Waals surface area contributed by atoms with Crippen molar-refractivity contribution < 1.29 is 13.6 Å². The fourth-order valence-electron chi connectivity index (χ4n) is 4.26. The third kappa shape index (κ3) is 4.93. The van der Waals surface area contributed by atoms with Crippen LogP contribution in [0.5, 0.6) is 0 Å². The van der Waals surface area contributed by atoms with Crippen LogP contribution < -0.4 is 5.32 Å². The van der Waals surface area contributed by atoms with Gasteiger partial charge in [0.25, 0.3) is 5.92 Å². The van der Waals surface area contributed by atoms with E-state index in [2.05, 4.69) is 29.0 Å².